The molecule has 0 saturated heterocycles. The summed E-state index contributed by atoms with van der Waals surface area (Å²) >= 11 is 8.25. The second-order valence-corrected chi connectivity index (χ2v) is 5.64. The summed E-state index contributed by atoms with van der Waals surface area (Å²) in [6.45, 7) is 0. The average Bonchev–Trinajstić information content (AvgIpc) is 2.23. The van der Waals surface area contributed by atoms with E-state index in [-0.39, 0.29) is 0 Å². The van der Waals surface area contributed by atoms with Crippen molar-refractivity contribution in [2.24, 2.45) is 0 Å². The predicted molar refractivity (Wildman–Crippen MR) is 64.2 cm³/mol. The number of benzene rings is 1. The summed E-state index contributed by atoms with van der Waals surface area (Å²) in [6.07, 6.45) is 5.10. The van der Waals surface area contributed by atoms with Gasteiger partial charge in [-0.25, -0.2) is 0 Å². The lowest BCUT2D eigenvalue weighted by atomic mass is 10.00. The molecule has 2 rings (SSSR count). The summed E-state index contributed by atoms with van der Waals surface area (Å²) in [4.78, 5) is 1.35. The molecule has 2 atom stereocenters. The summed E-state index contributed by atoms with van der Waals surface area (Å²) in [7, 11) is 0. The van der Waals surface area contributed by atoms with Crippen LogP contribution in [-0.2, 0) is 0 Å². The molecule has 1 fully saturated rings. The Kier molecular flexibility index (Phi) is 3.77. The summed E-state index contributed by atoms with van der Waals surface area (Å²) in [5.74, 6) is 0. The number of rotatable bonds is 2. The Morgan fingerprint density at radius 2 is 1.79 bits per heavy atom. The van der Waals surface area contributed by atoms with Gasteiger partial charge in [0, 0.05) is 15.5 Å². The van der Waals surface area contributed by atoms with Gasteiger partial charge in [-0.1, -0.05) is 31.0 Å². The van der Waals surface area contributed by atoms with Gasteiger partial charge in [-0.05, 0) is 25.0 Å². The van der Waals surface area contributed by atoms with Crippen LogP contribution >= 0.6 is 23.4 Å². The molecule has 0 spiro atoms. The third-order valence-electron chi connectivity index (χ3n) is 2.65. The van der Waals surface area contributed by atoms with Crippen LogP contribution in [0.3, 0.4) is 0 Å². The maximum Gasteiger partial charge on any atom is 0.0458 e. The maximum atomic E-state index is 6.31. The molecule has 2 heteroatoms. The lowest BCUT2D eigenvalue weighted by Crippen LogP contribution is -2.21. The first-order chi connectivity index (χ1) is 6.86. The van der Waals surface area contributed by atoms with Crippen molar-refractivity contribution in [3.8, 4) is 0 Å². The van der Waals surface area contributed by atoms with Crippen molar-refractivity contribution in [3.63, 3.8) is 0 Å². The normalized spacial score (nSPS) is 27.5. The fourth-order valence-corrected chi connectivity index (χ4v) is 3.52. The molecule has 0 bridgehead atoms. The molecule has 0 amide bonds. The highest BCUT2D eigenvalue weighted by Gasteiger charge is 2.23. The third kappa shape index (κ3) is 2.68. The van der Waals surface area contributed by atoms with Gasteiger partial charge in [-0.2, -0.15) is 0 Å². The van der Waals surface area contributed by atoms with Crippen molar-refractivity contribution in [2.45, 2.75) is 41.2 Å². The third-order valence-corrected chi connectivity index (χ3v) is 4.74. The zero-order valence-electron chi connectivity index (χ0n) is 8.16. The van der Waals surface area contributed by atoms with Crippen molar-refractivity contribution in [3.05, 3.63) is 30.3 Å². The van der Waals surface area contributed by atoms with E-state index in [1.54, 1.807) is 0 Å². The van der Waals surface area contributed by atoms with Gasteiger partial charge in [-0.3, -0.25) is 0 Å². The SMILES string of the molecule is Cl[C@@H]1CCCC[C@H]1Sc1ccccc1. The number of alkyl halides is 1. The minimum Gasteiger partial charge on any atom is -0.122 e. The Morgan fingerprint density at radius 3 is 2.50 bits per heavy atom. The largest absolute Gasteiger partial charge is 0.122 e. The molecule has 1 saturated carbocycles. The number of halogens is 1. The molecule has 0 radical (unpaired) electrons. The highest BCUT2D eigenvalue weighted by atomic mass is 35.5. The van der Waals surface area contributed by atoms with Gasteiger partial charge in [0.15, 0.2) is 0 Å². The predicted octanol–water partition coefficient (Wildman–Crippen LogP) is 4.33. The van der Waals surface area contributed by atoms with E-state index in [1.165, 1.54) is 30.6 Å². The molecule has 1 aliphatic rings. The second kappa shape index (κ2) is 5.09. The van der Waals surface area contributed by atoms with E-state index in [0.717, 1.165) is 0 Å². The van der Waals surface area contributed by atoms with Crippen molar-refractivity contribution >= 4 is 23.4 Å². The Balaban J connectivity index is 1.96. The van der Waals surface area contributed by atoms with Gasteiger partial charge >= 0.3 is 0 Å². The first-order valence-corrected chi connectivity index (χ1v) is 6.53. The second-order valence-electron chi connectivity index (χ2n) is 3.77. The van der Waals surface area contributed by atoms with Gasteiger partial charge in [-0.15, -0.1) is 23.4 Å². The molecule has 1 aliphatic carbocycles. The van der Waals surface area contributed by atoms with E-state index < -0.39 is 0 Å². The van der Waals surface area contributed by atoms with Crippen LogP contribution in [-0.4, -0.2) is 10.6 Å². The standard InChI is InChI=1S/C12H15ClS/c13-11-8-4-5-9-12(11)14-10-6-2-1-3-7-10/h1-3,6-7,11-12H,4-5,8-9H2/t11-,12-/m1/s1. The lowest BCUT2D eigenvalue weighted by molar-refractivity contribution is 0.522. The molecule has 0 heterocycles. The van der Waals surface area contributed by atoms with Crippen molar-refractivity contribution in [2.75, 3.05) is 0 Å². The first-order valence-electron chi connectivity index (χ1n) is 5.22. The quantitative estimate of drug-likeness (QED) is 0.677. The molecule has 0 N–H and O–H groups in total. The van der Waals surface area contributed by atoms with Crippen LogP contribution in [0, 0.1) is 0 Å². The lowest BCUT2D eigenvalue weighted by Gasteiger charge is -2.26. The number of hydrogen-bond donors (Lipinski definition) is 0. The van der Waals surface area contributed by atoms with E-state index in [1.807, 2.05) is 11.8 Å². The van der Waals surface area contributed by atoms with Crippen LogP contribution < -0.4 is 0 Å². The molecule has 14 heavy (non-hydrogen) atoms. The molecule has 0 nitrogen and oxygen atoms in total. The Labute approximate surface area is 95.0 Å². The van der Waals surface area contributed by atoms with E-state index >= 15 is 0 Å². The van der Waals surface area contributed by atoms with Gasteiger partial charge in [0.1, 0.15) is 0 Å². The van der Waals surface area contributed by atoms with Crippen molar-refractivity contribution in [1.29, 1.82) is 0 Å². The molecule has 0 aromatic heterocycles. The monoisotopic (exact) mass is 226 g/mol. The van der Waals surface area contributed by atoms with Gasteiger partial charge in [0.25, 0.3) is 0 Å². The van der Waals surface area contributed by atoms with Crippen LogP contribution in [0.1, 0.15) is 25.7 Å². The van der Waals surface area contributed by atoms with E-state index in [4.69, 9.17) is 11.6 Å². The van der Waals surface area contributed by atoms with E-state index in [2.05, 4.69) is 30.3 Å². The zero-order valence-corrected chi connectivity index (χ0v) is 9.73. The van der Waals surface area contributed by atoms with Crippen LogP contribution in [0.4, 0.5) is 0 Å². The van der Waals surface area contributed by atoms with Crippen LogP contribution in [0.15, 0.2) is 35.2 Å². The van der Waals surface area contributed by atoms with Crippen LogP contribution in [0.5, 0.6) is 0 Å². The minimum absolute atomic E-state index is 0.369. The van der Waals surface area contributed by atoms with Gasteiger partial charge < -0.3 is 0 Å². The fourth-order valence-electron chi connectivity index (χ4n) is 1.86. The molecular weight excluding hydrogens is 212 g/mol. The fraction of sp³-hybridized carbons (Fsp3) is 0.500. The van der Waals surface area contributed by atoms with E-state index in [9.17, 15) is 0 Å². The molecule has 0 unspecified atom stereocenters. The van der Waals surface area contributed by atoms with Gasteiger partial charge in [0.05, 0.1) is 0 Å². The number of hydrogen-bond acceptors (Lipinski definition) is 1. The van der Waals surface area contributed by atoms with Crippen molar-refractivity contribution < 1.29 is 0 Å². The average molecular weight is 227 g/mol. The summed E-state index contributed by atoms with van der Waals surface area (Å²) < 4.78 is 0. The summed E-state index contributed by atoms with van der Waals surface area (Å²) in [6, 6.07) is 10.6. The van der Waals surface area contributed by atoms with Crippen molar-refractivity contribution in [1.82, 2.24) is 0 Å². The Bertz CT molecular complexity index is 273. The highest BCUT2D eigenvalue weighted by molar-refractivity contribution is 8.00. The topological polar surface area (TPSA) is 0 Å². The molecule has 1 aromatic carbocycles. The van der Waals surface area contributed by atoms with E-state index in [0.29, 0.717) is 10.6 Å². The number of thioether (sulfide) groups is 1. The van der Waals surface area contributed by atoms with Crippen LogP contribution in [0.2, 0.25) is 0 Å². The minimum atomic E-state index is 0.369. The highest BCUT2D eigenvalue weighted by Crippen LogP contribution is 2.36. The Morgan fingerprint density at radius 1 is 1.07 bits per heavy atom. The maximum absolute atomic E-state index is 6.31. The summed E-state index contributed by atoms with van der Waals surface area (Å²) in [5.41, 5.74) is 0. The van der Waals surface area contributed by atoms with Crippen LogP contribution in [0.25, 0.3) is 0 Å². The molecular formula is C12H15ClS. The van der Waals surface area contributed by atoms with Gasteiger partial charge in [0.2, 0.25) is 0 Å². The molecule has 1 aromatic rings. The molecule has 76 valence electrons. The first kappa shape index (κ1) is 10.4. The Hall–Kier alpha value is -0.140. The molecule has 0 aliphatic heterocycles. The zero-order chi connectivity index (χ0) is 9.80. The smallest absolute Gasteiger partial charge is 0.0458 e. The summed E-state index contributed by atoms with van der Waals surface area (Å²) in [5, 5.41) is 0.988.